The van der Waals surface area contributed by atoms with Crippen molar-refractivity contribution in [1.82, 2.24) is 9.13 Å². The molecule has 8 aromatic carbocycles. The fourth-order valence-electron chi connectivity index (χ4n) is 19.3. The van der Waals surface area contributed by atoms with Crippen LogP contribution in [0.4, 0.5) is 22.7 Å². The number of allylic oxidation sites excluding steroid dienone is 8. The molecule has 6 unspecified atom stereocenters. The molecule has 452 valence electrons. The number of para-hydroxylation sites is 4. The van der Waals surface area contributed by atoms with Gasteiger partial charge in [0.2, 0.25) is 0 Å². The largest absolute Gasteiger partial charge is 0.334 e. The molecule has 0 radical (unpaired) electrons. The Labute approximate surface area is 546 Å². The zero-order valence-corrected chi connectivity index (χ0v) is 53.6. The second-order valence-electron chi connectivity index (χ2n) is 28.2. The van der Waals surface area contributed by atoms with Gasteiger partial charge < -0.3 is 18.9 Å². The van der Waals surface area contributed by atoms with Crippen molar-refractivity contribution in [3.05, 3.63) is 246 Å². The number of aromatic nitrogens is 2. The molecule has 92 heavy (non-hydrogen) atoms. The van der Waals surface area contributed by atoms with E-state index in [1.807, 2.05) is 11.3 Å². The van der Waals surface area contributed by atoms with E-state index in [-0.39, 0.29) is 18.8 Å². The second-order valence-corrected chi connectivity index (χ2v) is 29.1. The van der Waals surface area contributed by atoms with Gasteiger partial charge >= 0.3 is 0 Å². The number of anilines is 4. The lowest BCUT2D eigenvalue weighted by Gasteiger charge is -2.53. The molecular weight excluding hydrogens is 1130 g/mol. The SMILES string of the molecule is C1=CCC(C2=CCCC(C3=CCCCC3)C2N2c3cc(-n4c5ccccc5c5ccccc54)ccc3B3c4ccc(-n5c6ccccc6c6ccccc65)cc4N(C4C(C5CC=CCC5)=CCCC4C4=CCCCC4)c4cc(-c5ccc6sccc6c5)cc2c43)CC1. The number of hydrogen-bond acceptors (Lipinski definition) is 3. The Morgan fingerprint density at radius 3 is 1.34 bits per heavy atom. The minimum absolute atomic E-state index is 0.0349. The third-order valence-electron chi connectivity index (χ3n) is 23.4. The van der Waals surface area contributed by atoms with E-state index in [0.29, 0.717) is 23.7 Å². The average molecular weight is 1210 g/mol. The van der Waals surface area contributed by atoms with E-state index in [1.165, 1.54) is 192 Å². The molecule has 0 amide bonds. The first kappa shape index (κ1) is 55.1. The molecule has 3 aromatic heterocycles. The molecular formula is C86H79BN4S. The predicted octanol–water partition coefficient (Wildman–Crippen LogP) is 21.3. The van der Waals surface area contributed by atoms with E-state index in [2.05, 4.69) is 243 Å². The van der Waals surface area contributed by atoms with Crippen molar-refractivity contribution in [3.63, 3.8) is 0 Å². The van der Waals surface area contributed by atoms with Crippen molar-refractivity contribution in [2.75, 3.05) is 9.80 Å². The first-order chi connectivity index (χ1) is 45.7. The summed E-state index contributed by atoms with van der Waals surface area (Å²) in [5.41, 5.74) is 26.8. The van der Waals surface area contributed by atoms with E-state index < -0.39 is 0 Å². The van der Waals surface area contributed by atoms with Crippen LogP contribution in [0.5, 0.6) is 0 Å². The third kappa shape index (κ3) is 8.82. The monoisotopic (exact) mass is 1210 g/mol. The van der Waals surface area contributed by atoms with Gasteiger partial charge in [-0.3, -0.25) is 0 Å². The summed E-state index contributed by atoms with van der Waals surface area (Å²) in [7, 11) is 0. The highest BCUT2D eigenvalue weighted by atomic mass is 32.1. The van der Waals surface area contributed by atoms with Gasteiger partial charge in [-0.05, 0) is 256 Å². The molecule has 0 fully saturated rings. The molecule has 0 bridgehead atoms. The van der Waals surface area contributed by atoms with E-state index in [0.717, 1.165) is 38.5 Å². The fourth-order valence-corrected chi connectivity index (χ4v) is 20.1. The van der Waals surface area contributed by atoms with Crippen LogP contribution in [0.1, 0.15) is 116 Å². The standard InChI is InChI=1S/C86H79BN4S/c1-5-23-56(24-6-1)65-35-21-36-66(57-25-7-2-8-26-57)85(65)90-79-54-63(88-75-39-17-13-31-69(75)70-32-14-18-40-76(70)88)44-46-73(79)87-74-47-45-64(89-77-41-19-15-33-71(77)72-34-16-20-42-78(72)89)55-80(74)91(82-53-62(52-81(90)84(82)87)60-43-48-83-61(51-60)49-50-92-83)86-67(58-27-9-3-10-28-58)37-22-38-68(86)59-29-11-4-12-30-59/h1,3,5,9,13-20,25,29,31-35,37,39-56,58,66,68,85-86H,2,4,6-8,10-12,21-24,26-28,30,36,38H2. The molecule has 19 rings (SSSR count). The molecule has 0 saturated heterocycles. The molecule has 5 heterocycles. The number of hydrogen-bond donors (Lipinski definition) is 0. The summed E-state index contributed by atoms with van der Waals surface area (Å²) >= 11 is 1.86. The summed E-state index contributed by atoms with van der Waals surface area (Å²) in [6, 6.07) is 67.7. The molecule has 6 aliphatic carbocycles. The van der Waals surface area contributed by atoms with Crippen LogP contribution in [-0.2, 0) is 0 Å². The Morgan fingerprint density at radius 1 is 0.391 bits per heavy atom. The van der Waals surface area contributed by atoms with E-state index in [4.69, 9.17) is 0 Å². The van der Waals surface area contributed by atoms with Gasteiger partial charge in [0.25, 0.3) is 6.71 Å². The van der Waals surface area contributed by atoms with Crippen LogP contribution in [0.2, 0.25) is 0 Å². The van der Waals surface area contributed by atoms with Crippen LogP contribution in [0.3, 0.4) is 0 Å². The van der Waals surface area contributed by atoms with E-state index >= 15 is 0 Å². The van der Waals surface area contributed by atoms with Crippen LogP contribution in [-0.4, -0.2) is 27.9 Å². The number of benzene rings is 8. The third-order valence-corrected chi connectivity index (χ3v) is 24.3. The van der Waals surface area contributed by atoms with Crippen LogP contribution in [0, 0.1) is 23.7 Å². The molecule has 8 aliphatic rings. The summed E-state index contributed by atoms with van der Waals surface area (Å²) in [5.74, 6) is 1.75. The number of rotatable bonds is 9. The molecule has 6 heteroatoms. The van der Waals surface area contributed by atoms with E-state index in [9.17, 15) is 0 Å². The van der Waals surface area contributed by atoms with Crippen molar-refractivity contribution in [2.24, 2.45) is 23.7 Å². The highest BCUT2D eigenvalue weighted by molar-refractivity contribution is 7.17. The van der Waals surface area contributed by atoms with E-state index in [1.54, 1.807) is 22.3 Å². The zero-order chi connectivity index (χ0) is 60.4. The Balaban J connectivity index is 0.948. The molecule has 6 atom stereocenters. The maximum atomic E-state index is 3.05. The predicted molar refractivity (Wildman–Crippen MR) is 393 cm³/mol. The Kier molecular flexibility index (Phi) is 13.5. The summed E-state index contributed by atoms with van der Waals surface area (Å²) in [6.45, 7) is -0.0349. The zero-order valence-electron chi connectivity index (χ0n) is 52.8. The van der Waals surface area contributed by atoms with Gasteiger partial charge in [0, 0.05) is 72.2 Å². The summed E-state index contributed by atoms with van der Waals surface area (Å²) in [4.78, 5) is 6.11. The first-order valence-corrected chi connectivity index (χ1v) is 36.1. The highest BCUT2D eigenvalue weighted by Gasteiger charge is 2.51. The topological polar surface area (TPSA) is 16.3 Å². The number of thiophene rings is 1. The Morgan fingerprint density at radius 2 is 0.880 bits per heavy atom. The lowest BCUT2D eigenvalue weighted by Crippen LogP contribution is -2.65. The number of fused-ring (bicyclic) bond motifs is 11. The van der Waals surface area contributed by atoms with Gasteiger partial charge in [-0.15, -0.1) is 11.3 Å². The molecule has 0 saturated carbocycles. The quantitative estimate of drug-likeness (QED) is 0.106. The Hall–Kier alpha value is -8.58. The van der Waals surface area contributed by atoms with Gasteiger partial charge in [0.1, 0.15) is 0 Å². The normalized spacial score (nSPS) is 23.0. The highest BCUT2D eigenvalue weighted by Crippen LogP contribution is 2.54. The van der Waals surface area contributed by atoms with Crippen LogP contribution >= 0.6 is 11.3 Å². The van der Waals surface area contributed by atoms with Crippen molar-refractivity contribution >= 4 is 111 Å². The minimum Gasteiger partial charge on any atom is -0.334 e. The Bertz CT molecular complexity index is 4620. The van der Waals surface area contributed by atoms with Crippen molar-refractivity contribution in [3.8, 4) is 22.5 Å². The van der Waals surface area contributed by atoms with Crippen molar-refractivity contribution in [2.45, 2.75) is 128 Å². The molecule has 2 aliphatic heterocycles. The van der Waals surface area contributed by atoms with Gasteiger partial charge in [-0.25, -0.2) is 0 Å². The molecule has 4 nitrogen and oxygen atoms in total. The maximum Gasteiger partial charge on any atom is 0.252 e. The van der Waals surface area contributed by atoms with Gasteiger partial charge in [-0.1, -0.05) is 151 Å². The smallest absolute Gasteiger partial charge is 0.252 e. The molecule has 11 aromatic rings. The summed E-state index contributed by atoms with van der Waals surface area (Å²) in [6.07, 6.45) is 42.4. The first-order valence-electron chi connectivity index (χ1n) is 35.3. The minimum atomic E-state index is -0.0349. The lowest BCUT2D eigenvalue weighted by molar-refractivity contribution is 0.391. The second kappa shape index (κ2) is 22.6. The van der Waals surface area contributed by atoms with Crippen molar-refractivity contribution in [1.29, 1.82) is 0 Å². The molecule has 0 spiro atoms. The lowest BCUT2D eigenvalue weighted by atomic mass is 9.33. The van der Waals surface area contributed by atoms with Crippen LogP contribution < -0.4 is 26.2 Å². The summed E-state index contributed by atoms with van der Waals surface area (Å²) < 4.78 is 6.53. The van der Waals surface area contributed by atoms with Crippen LogP contribution in [0.15, 0.2) is 246 Å². The molecule has 0 N–H and O–H groups in total. The van der Waals surface area contributed by atoms with Gasteiger partial charge in [0.15, 0.2) is 0 Å². The number of nitrogens with zero attached hydrogens (tertiary/aromatic N) is 4. The van der Waals surface area contributed by atoms with Crippen LogP contribution in [0.25, 0.3) is 76.2 Å². The van der Waals surface area contributed by atoms with Gasteiger partial charge in [0.05, 0.1) is 34.2 Å². The maximum absolute atomic E-state index is 3.05. The van der Waals surface area contributed by atoms with Crippen molar-refractivity contribution < 1.29 is 0 Å². The average Bonchev–Trinajstić information content (AvgIpc) is 0.933. The summed E-state index contributed by atoms with van der Waals surface area (Å²) in [5, 5.41) is 8.81. The fraction of sp³-hybridized carbons (Fsp3) is 0.279. The van der Waals surface area contributed by atoms with Gasteiger partial charge in [-0.2, -0.15) is 0 Å².